The summed E-state index contributed by atoms with van der Waals surface area (Å²) in [7, 11) is 0. The molecule has 3 rings (SSSR count). The molecule has 0 amide bonds. The molecular weight excluding hydrogens is 293 g/mol. The Labute approximate surface area is 136 Å². The summed E-state index contributed by atoms with van der Waals surface area (Å²) in [4.78, 5) is 13.3. The molecule has 0 radical (unpaired) electrons. The Morgan fingerprint density at radius 2 is 1.91 bits per heavy atom. The van der Waals surface area contributed by atoms with E-state index in [2.05, 4.69) is 32.0 Å². The lowest BCUT2D eigenvalue weighted by molar-refractivity contribution is 0.137. The van der Waals surface area contributed by atoms with Crippen LogP contribution in [0.25, 0.3) is 10.9 Å². The fourth-order valence-corrected chi connectivity index (χ4v) is 3.03. The molecule has 1 aliphatic rings. The molecule has 2 aromatic rings. The first-order valence-electron chi connectivity index (χ1n) is 8.35. The average molecular weight is 317 g/mol. The minimum Gasteiger partial charge on any atom is -0.369 e. The topological polar surface area (TPSA) is 44.3 Å². The number of likely N-dealkylation sites (N-methyl/N-ethyl adjacent to an activating group) is 1. The number of hydrogen-bond acceptors (Lipinski definition) is 5. The van der Waals surface area contributed by atoms with Crippen LogP contribution in [0, 0.1) is 5.82 Å². The molecule has 1 aromatic carbocycles. The van der Waals surface area contributed by atoms with Gasteiger partial charge in [-0.05, 0) is 31.6 Å². The lowest BCUT2D eigenvalue weighted by Gasteiger charge is -2.34. The van der Waals surface area contributed by atoms with Crippen molar-refractivity contribution in [3.05, 3.63) is 30.3 Å². The maximum atomic E-state index is 13.7. The number of nitrogens with zero attached hydrogens (tertiary/aromatic N) is 4. The number of halogens is 1. The third-order valence-electron chi connectivity index (χ3n) is 4.47. The molecule has 1 N–H and O–H groups in total. The Hall–Kier alpha value is -1.79. The number of fused-ring (bicyclic) bond motifs is 1. The van der Waals surface area contributed by atoms with E-state index in [4.69, 9.17) is 0 Å². The van der Waals surface area contributed by atoms with E-state index in [1.807, 2.05) is 6.07 Å². The van der Waals surface area contributed by atoms with Crippen LogP contribution in [0.2, 0.25) is 0 Å². The van der Waals surface area contributed by atoms with Gasteiger partial charge in [-0.3, -0.25) is 0 Å². The van der Waals surface area contributed by atoms with Crippen LogP contribution in [0.1, 0.15) is 13.3 Å². The number of nitrogens with one attached hydrogen (secondary N) is 1. The fraction of sp³-hybridized carbons (Fsp3) is 0.529. The maximum absolute atomic E-state index is 13.7. The molecule has 0 unspecified atom stereocenters. The summed E-state index contributed by atoms with van der Waals surface area (Å²) < 4.78 is 13.7. The first-order chi connectivity index (χ1) is 11.3. The summed E-state index contributed by atoms with van der Waals surface area (Å²) >= 11 is 0. The van der Waals surface area contributed by atoms with Crippen molar-refractivity contribution in [1.82, 2.24) is 19.8 Å². The van der Waals surface area contributed by atoms with Crippen molar-refractivity contribution in [1.29, 1.82) is 0 Å². The van der Waals surface area contributed by atoms with Gasteiger partial charge in [0.05, 0.1) is 0 Å². The SMILES string of the molecule is CCN1CCN(CCCNc2ncnc3c(F)cccc23)CC1. The minimum absolute atomic E-state index is 0.304. The monoisotopic (exact) mass is 317 g/mol. The van der Waals surface area contributed by atoms with Crippen molar-refractivity contribution in [2.75, 3.05) is 51.1 Å². The van der Waals surface area contributed by atoms with Crippen molar-refractivity contribution >= 4 is 16.7 Å². The van der Waals surface area contributed by atoms with Gasteiger partial charge in [0.25, 0.3) is 0 Å². The Balaban J connectivity index is 1.49. The number of para-hydroxylation sites is 1. The van der Waals surface area contributed by atoms with Crippen LogP contribution in [0.3, 0.4) is 0 Å². The highest BCUT2D eigenvalue weighted by Crippen LogP contribution is 2.20. The third-order valence-corrected chi connectivity index (χ3v) is 4.47. The summed E-state index contributed by atoms with van der Waals surface area (Å²) in [6.07, 6.45) is 2.46. The van der Waals surface area contributed by atoms with Gasteiger partial charge in [-0.15, -0.1) is 0 Å². The molecule has 1 fully saturated rings. The van der Waals surface area contributed by atoms with Crippen molar-refractivity contribution in [3.63, 3.8) is 0 Å². The van der Waals surface area contributed by atoms with Crippen molar-refractivity contribution in [2.45, 2.75) is 13.3 Å². The van der Waals surface area contributed by atoms with Crippen molar-refractivity contribution in [3.8, 4) is 0 Å². The molecule has 23 heavy (non-hydrogen) atoms. The van der Waals surface area contributed by atoms with E-state index in [9.17, 15) is 4.39 Å². The molecular formula is C17H24FN5. The van der Waals surface area contributed by atoms with Gasteiger partial charge in [-0.1, -0.05) is 13.0 Å². The van der Waals surface area contributed by atoms with Crippen molar-refractivity contribution < 1.29 is 4.39 Å². The molecule has 1 saturated heterocycles. The van der Waals surface area contributed by atoms with Gasteiger partial charge in [-0.25, -0.2) is 14.4 Å². The zero-order chi connectivity index (χ0) is 16.1. The van der Waals surface area contributed by atoms with E-state index in [0.717, 1.165) is 44.5 Å². The molecule has 0 saturated carbocycles. The molecule has 0 spiro atoms. The fourth-order valence-electron chi connectivity index (χ4n) is 3.03. The van der Waals surface area contributed by atoms with E-state index in [1.54, 1.807) is 6.07 Å². The van der Waals surface area contributed by atoms with Gasteiger partial charge in [-0.2, -0.15) is 0 Å². The third kappa shape index (κ3) is 3.95. The van der Waals surface area contributed by atoms with E-state index in [1.165, 1.54) is 25.5 Å². The molecule has 5 nitrogen and oxygen atoms in total. The van der Waals surface area contributed by atoms with Gasteiger partial charge in [0.15, 0.2) is 0 Å². The van der Waals surface area contributed by atoms with E-state index >= 15 is 0 Å². The largest absolute Gasteiger partial charge is 0.369 e. The molecule has 1 aromatic heterocycles. The highest BCUT2D eigenvalue weighted by Gasteiger charge is 2.14. The first-order valence-corrected chi connectivity index (χ1v) is 8.35. The normalized spacial score (nSPS) is 16.8. The highest BCUT2D eigenvalue weighted by atomic mass is 19.1. The van der Waals surface area contributed by atoms with Gasteiger partial charge in [0.1, 0.15) is 23.5 Å². The van der Waals surface area contributed by atoms with Crippen LogP contribution in [-0.2, 0) is 0 Å². The molecule has 1 aliphatic heterocycles. The van der Waals surface area contributed by atoms with Crippen LogP contribution >= 0.6 is 0 Å². The van der Waals surface area contributed by atoms with Crippen molar-refractivity contribution in [2.24, 2.45) is 0 Å². The second kappa shape index (κ2) is 7.66. The molecule has 0 bridgehead atoms. The van der Waals surface area contributed by atoms with Crippen LogP contribution in [0.15, 0.2) is 24.5 Å². The Kier molecular flexibility index (Phi) is 5.35. The van der Waals surface area contributed by atoms with Crippen LogP contribution < -0.4 is 5.32 Å². The number of anilines is 1. The number of aromatic nitrogens is 2. The lowest BCUT2D eigenvalue weighted by atomic mass is 10.2. The summed E-state index contributed by atoms with van der Waals surface area (Å²) in [6.45, 7) is 9.91. The predicted octanol–water partition coefficient (Wildman–Crippen LogP) is 2.21. The van der Waals surface area contributed by atoms with Gasteiger partial charge in [0.2, 0.25) is 0 Å². The second-order valence-electron chi connectivity index (χ2n) is 5.91. The summed E-state index contributed by atoms with van der Waals surface area (Å²) in [6, 6.07) is 4.97. The maximum Gasteiger partial charge on any atom is 0.149 e. The summed E-state index contributed by atoms with van der Waals surface area (Å²) in [5.74, 6) is 0.409. The molecule has 2 heterocycles. The lowest BCUT2D eigenvalue weighted by Crippen LogP contribution is -2.46. The molecule has 0 aliphatic carbocycles. The molecule has 124 valence electrons. The van der Waals surface area contributed by atoms with E-state index < -0.39 is 0 Å². The Morgan fingerprint density at radius 1 is 1.13 bits per heavy atom. The van der Waals surface area contributed by atoms with E-state index in [0.29, 0.717) is 11.3 Å². The van der Waals surface area contributed by atoms with Crippen LogP contribution in [0.4, 0.5) is 10.2 Å². The Morgan fingerprint density at radius 3 is 2.70 bits per heavy atom. The summed E-state index contributed by atoms with van der Waals surface area (Å²) in [5.41, 5.74) is 0.376. The zero-order valence-corrected chi connectivity index (χ0v) is 13.6. The second-order valence-corrected chi connectivity index (χ2v) is 5.91. The average Bonchev–Trinajstić information content (AvgIpc) is 2.60. The predicted molar refractivity (Wildman–Crippen MR) is 91.2 cm³/mol. The number of piperazine rings is 1. The first kappa shape index (κ1) is 16.1. The molecule has 6 heteroatoms. The molecule has 0 atom stereocenters. The van der Waals surface area contributed by atoms with Gasteiger partial charge >= 0.3 is 0 Å². The highest BCUT2D eigenvalue weighted by molar-refractivity contribution is 5.89. The smallest absolute Gasteiger partial charge is 0.149 e. The number of benzene rings is 1. The number of rotatable bonds is 6. The quantitative estimate of drug-likeness (QED) is 0.828. The van der Waals surface area contributed by atoms with Crippen LogP contribution in [0.5, 0.6) is 0 Å². The standard InChI is InChI=1S/C17H24FN5/c1-2-22-9-11-23(12-10-22)8-4-7-19-17-14-5-3-6-15(18)16(14)20-13-21-17/h3,5-6,13H,2,4,7-12H2,1H3,(H,19,20,21). The van der Waals surface area contributed by atoms with Gasteiger partial charge in [0, 0.05) is 38.1 Å². The van der Waals surface area contributed by atoms with Gasteiger partial charge < -0.3 is 15.1 Å². The number of hydrogen-bond donors (Lipinski definition) is 1. The van der Waals surface area contributed by atoms with E-state index in [-0.39, 0.29) is 5.82 Å². The minimum atomic E-state index is -0.304. The summed E-state index contributed by atoms with van der Waals surface area (Å²) in [5, 5.41) is 4.06. The van der Waals surface area contributed by atoms with Crippen LogP contribution in [-0.4, -0.2) is 65.6 Å². The Bertz CT molecular complexity index is 640. The zero-order valence-electron chi connectivity index (χ0n) is 13.6.